The number of carbonyl (C=O) groups excluding carboxylic acids is 1. The number of anilines is 1. The van der Waals surface area contributed by atoms with E-state index in [2.05, 4.69) is 10.6 Å². The van der Waals surface area contributed by atoms with Crippen LogP contribution in [-0.2, 0) is 4.79 Å². The molecule has 0 heterocycles. The van der Waals surface area contributed by atoms with E-state index in [-0.39, 0.29) is 17.8 Å². The van der Waals surface area contributed by atoms with Crippen LogP contribution in [0.4, 0.5) is 10.1 Å². The van der Waals surface area contributed by atoms with Gasteiger partial charge in [-0.1, -0.05) is 13.0 Å². The molecule has 0 bridgehead atoms. The summed E-state index contributed by atoms with van der Waals surface area (Å²) in [6, 6.07) is 6.00. The Morgan fingerprint density at radius 1 is 1.50 bits per heavy atom. The van der Waals surface area contributed by atoms with Gasteiger partial charge in [-0.2, -0.15) is 0 Å². The van der Waals surface area contributed by atoms with Crippen LogP contribution in [0.15, 0.2) is 24.3 Å². The molecule has 2 N–H and O–H groups in total. The molecule has 4 heteroatoms. The van der Waals surface area contributed by atoms with Gasteiger partial charge in [0.1, 0.15) is 5.82 Å². The zero-order valence-electron chi connectivity index (χ0n) is 9.59. The second-order valence-corrected chi connectivity index (χ2v) is 3.72. The molecule has 1 amide bonds. The zero-order valence-corrected chi connectivity index (χ0v) is 9.59. The molecule has 1 rings (SSSR count). The summed E-state index contributed by atoms with van der Waals surface area (Å²) in [5.41, 5.74) is 0.494. The molecule has 0 spiro atoms. The quantitative estimate of drug-likeness (QED) is 0.804. The van der Waals surface area contributed by atoms with Crippen LogP contribution in [0.25, 0.3) is 0 Å². The molecular formula is C12H17FN2O. The average Bonchev–Trinajstić information content (AvgIpc) is 2.17. The van der Waals surface area contributed by atoms with Gasteiger partial charge in [0.2, 0.25) is 5.91 Å². The minimum absolute atomic E-state index is 0.112. The fraction of sp³-hybridized carbons (Fsp3) is 0.417. The number of halogens is 1. The topological polar surface area (TPSA) is 41.1 Å². The standard InChI is InChI=1S/C12H17FN2O/c1-3-14-9(2)7-12(16)15-11-6-4-5-10(13)8-11/h4-6,8-9,14H,3,7H2,1-2H3,(H,15,16). The van der Waals surface area contributed by atoms with Crippen LogP contribution in [0, 0.1) is 5.82 Å². The first-order chi connectivity index (χ1) is 7.61. The zero-order chi connectivity index (χ0) is 12.0. The highest BCUT2D eigenvalue weighted by Crippen LogP contribution is 2.09. The third-order valence-corrected chi connectivity index (χ3v) is 2.15. The van der Waals surface area contributed by atoms with Gasteiger partial charge in [-0.25, -0.2) is 4.39 Å². The number of carbonyl (C=O) groups is 1. The second kappa shape index (κ2) is 6.23. The van der Waals surface area contributed by atoms with Crippen molar-refractivity contribution in [1.82, 2.24) is 5.32 Å². The molecule has 16 heavy (non-hydrogen) atoms. The maximum atomic E-state index is 12.8. The molecule has 0 fully saturated rings. The van der Waals surface area contributed by atoms with Crippen LogP contribution in [0.5, 0.6) is 0 Å². The lowest BCUT2D eigenvalue weighted by molar-refractivity contribution is -0.116. The Bertz CT molecular complexity index is 355. The number of amides is 1. The molecule has 0 aromatic heterocycles. The first kappa shape index (κ1) is 12.6. The summed E-state index contributed by atoms with van der Waals surface area (Å²) in [4.78, 5) is 11.5. The summed E-state index contributed by atoms with van der Waals surface area (Å²) in [7, 11) is 0. The fourth-order valence-corrected chi connectivity index (χ4v) is 1.48. The van der Waals surface area contributed by atoms with Crippen molar-refractivity contribution in [2.45, 2.75) is 26.3 Å². The van der Waals surface area contributed by atoms with Crippen molar-refractivity contribution in [3.05, 3.63) is 30.1 Å². The van der Waals surface area contributed by atoms with Crippen LogP contribution >= 0.6 is 0 Å². The Kier molecular flexibility index (Phi) is 4.92. The number of rotatable bonds is 5. The maximum Gasteiger partial charge on any atom is 0.225 e. The highest BCUT2D eigenvalue weighted by Gasteiger charge is 2.08. The van der Waals surface area contributed by atoms with Gasteiger partial charge in [0, 0.05) is 18.2 Å². The average molecular weight is 224 g/mol. The fourth-order valence-electron chi connectivity index (χ4n) is 1.48. The Balaban J connectivity index is 2.45. The van der Waals surface area contributed by atoms with Crippen LogP contribution < -0.4 is 10.6 Å². The molecule has 1 atom stereocenters. The Morgan fingerprint density at radius 3 is 2.88 bits per heavy atom. The maximum absolute atomic E-state index is 12.8. The van der Waals surface area contributed by atoms with Crippen molar-refractivity contribution in [2.24, 2.45) is 0 Å². The molecule has 0 radical (unpaired) electrons. The van der Waals surface area contributed by atoms with Gasteiger partial charge in [0.15, 0.2) is 0 Å². The molecule has 0 saturated carbocycles. The minimum atomic E-state index is -0.350. The van der Waals surface area contributed by atoms with E-state index in [1.807, 2.05) is 13.8 Å². The van der Waals surface area contributed by atoms with Crippen molar-refractivity contribution >= 4 is 11.6 Å². The molecule has 0 aliphatic heterocycles. The van der Waals surface area contributed by atoms with Crippen LogP contribution in [0.2, 0.25) is 0 Å². The molecule has 88 valence electrons. The SMILES string of the molecule is CCNC(C)CC(=O)Nc1cccc(F)c1. The number of benzene rings is 1. The molecule has 3 nitrogen and oxygen atoms in total. The van der Waals surface area contributed by atoms with Crippen molar-refractivity contribution < 1.29 is 9.18 Å². The van der Waals surface area contributed by atoms with E-state index in [4.69, 9.17) is 0 Å². The Morgan fingerprint density at radius 2 is 2.25 bits per heavy atom. The molecule has 0 aliphatic carbocycles. The van der Waals surface area contributed by atoms with E-state index in [0.717, 1.165) is 6.54 Å². The van der Waals surface area contributed by atoms with Crippen molar-refractivity contribution in [1.29, 1.82) is 0 Å². The lowest BCUT2D eigenvalue weighted by Gasteiger charge is -2.12. The first-order valence-electron chi connectivity index (χ1n) is 5.40. The van der Waals surface area contributed by atoms with E-state index in [1.54, 1.807) is 12.1 Å². The van der Waals surface area contributed by atoms with Gasteiger partial charge >= 0.3 is 0 Å². The first-order valence-corrected chi connectivity index (χ1v) is 5.40. The van der Waals surface area contributed by atoms with Crippen molar-refractivity contribution in [3.63, 3.8) is 0 Å². The predicted octanol–water partition coefficient (Wildman–Crippen LogP) is 2.15. The smallest absolute Gasteiger partial charge is 0.225 e. The highest BCUT2D eigenvalue weighted by molar-refractivity contribution is 5.91. The van der Waals surface area contributed by atoms with Gasteiger partial charge in [0.25, 0.3) is 0 Å². The van der Waals surface area contributed by atoms with Gasteiger partial charge in [-0.15, -0.1) is 0 Å². The van der Waals surface area contributed by atoms with Gasteiger partial charge in [0.05, 0.1) is 0 Å². The molecule has 1 aromatic carbocycles. The molecular weight excluding hydrogens is 207 g/mol. The Labute approximate surface area is 95.0 Å². The minimum Gasteiger partial charge on any atom is -0.326 e. The number of hydrogen-bond donors (Lipinski definition) is 2. The Hall–Kier alpha value is -1.42. The lowest BCUT2D eigenvalue weighted by Crippen LogP contribution is -2.30. The van der Waals surface area contributed by atoms with E-state index < -0.39 is 0 Å². The molecule has 0 saturated heterocycles. The van der Waals surface area contributed by atoms with Crippen LogP contribution in [0.1, 0.15) is 20.3 Å². The number of nitrogens with one attached hydrogen (secondary N) is 2. The summed E-state index contributed by atoms with van der Waals surface area (Å²) in [5.74, 6) is -0.461. The summed E-state index contributed by atoms with van der Waals surface area (Å²) in [6.07, 6.45) is 0.379. The van der Waals surface area contributed by atoms with Crippen LogP contribution in [0.3, 0.4) is 0 Å². The molecule has 0 aliphatic rings. The highest BCUT2D eigenvalue weighted by atomic mass is 19.1. The van der Waals surface area contributed by atoms with Gasteiger partial charge in [-0.3, -0.25) is 4.79 Å². The molecule has 1 aromatic rings. The molecule has 1 unspecified atom stereocenters. The van der Waals surface area contributed by atoms with Gasteiger partial charge < -0.3 is 10.6 Å². The third-order valence-electron chi connectivity index (χ3n) is 2.15. The summed E-state index contributed by atoms with van der Waals surface area (Å²) in [6.45, 7) is 4.75. The van der Waals surface area contributed by atoms with E-state index in [0.29, 0.717) is 12.1 Å². The summed E-state index contributed by atoms with van der Waals surface area (Å²) >= 11 is 0. The monoisotopic (exact) mass is 224 g/mol. The summed E-state index contributed by atoms with van der Waals surface area (Å²) < 4.78 is 12.8. The van der Waals surface area contributed by atoms with Crippen molar-refractivity contribution in [2.75, 3.05) is 11.9 Å². The van der Waals surface area contributed by atoms with Crippen LogP contribution in [-0.4, -0.2) is 18.5 Å². The lowest BCUT2D eigenvalue weighted by atomic mass is 10.2. The predicted molar refractivity (Wildman–Crippen MR) is 62.8 cm³/mol. The van der Waals surface area contributed by atoms with E-state index in [1.165, 1.54) is 12.1 Å². The van der Waals surface area contributed by atoms with Gasteiger partial charge in [-0.05, 0) is 31.7 Å². The van der Waals surface area contributed by atoms with Crippen molar-refractivity contribution in [3.8, 4) is 0 Å². The van der Waals surface area contributed by atoms with E-state index >= 15 is 0 Å². The summed E-state index contributed by atoms with van der Waals surface area (Å²) in [5, 5.41) is 5.79. The second-order valence-electron chi connectivity index (χ2n) is 3.72. The third kappa shape index (κ3) is 4.40. The normalized spacial score (nSPS) is 12.2. The number of hydrogen-bond acceptors (Lipinski definition) is 2. The van der Waals surface area contributed by atoms with E-state index in [9.17, 15) is 9.18 Å². The largest absolute Gasteiger partial charge is 0.326 e.